The van der Waals surface area contributed by atoms with Crippen LogP contribution in [0.1, 0.15) is 31.4 Å². The summed E-state index contributed by atoms with van der Waals surface area (Å²) in [7, 11) is 0. The van der Waals surface area contributed by atoms with Gasteiger partial charge in [-0.25, -0.2) is 0 Å². The molecule has 2 aliphatic heterocycles. The molecule has 21 heavy (non-hydrogen) atoms. The molecule has 3 heteroatoms. The van der Waals surface area contributed by atoms with Crippen molar-refractivity contribution >= 4 is 0 Å². The van der Waals surface area contributed by atoms with Crippen molar-refractivity contribution in [2.24, 2.45) is 5.92 Å². The number of hydrogen-bond acceptors (Lipinski definition) is 3. The Hall–Kier alpha value is -1.06. The lowest BCUT2D eigenvalue weighted by molar-refractivity contribution is 0.144. The van der Waals surface area contributed by atoms with Gasteiger partial charge in [-0.15, -0.1) is 0 Å². The molecule has 3 rings (SSSR count). The summed E-state index contributed by atoms with van der Waals surface area (Å²) in [4.78, 5) is 2.59. The molecule has 0 aliphatic carbocycles. The third-order valence-electron chi connectivity index (χ3n) is 4.74. The molecule has 1 fully saturated rings. The maximum atomic E-state index is 6.14. The number of hydrogen-bond donors (Lipinski definition) is 1. The fourth-order valence-corrected chi connectivity index (χ4v) is 3.48. The number of benzene rings is 1. The van der Waals surface area contributed by atoms with Gasteiger partial charge >= 0.3 is 0 Å². The van der Waals surface area contributed by atoms with Crippen molar-refractivity contribution in [2.75, 3.05) is 26.2 Å². The van der Waals surface area contributed by atoms with Crippen LogP contribution in [0.3, 0.4) is 0 Å². The largest absolute Gasteiger partial charge is 0.488 e. The SMILES string of the molecule is Cc1ccc2c(c1)CC(CN1CCCNC(C(C)C)C1)O2. The van der Waals surface area contributed by atoms with Gasteiger partial charge in [-0.2, -0.15) is 0 Å². The van der Waals surface area contributed by atoms with Crippen molar-refractivity contribution in [2.45, 2.75) is 45.8 Å². The maximum absolute atomic E-state index is 6.14. The Kier molecular flexibility index (Phi) is 4.51. The van der Waals surface area contributed by atoms with E-state index in [4.69, 9.17) is 4.74 Å². The number of nitrogens with zero attached hydrogens (tertiary/aromatic N) is 1. The van der Waals surface area contributed by atoms with E-state index in [-0.39, 0.29) is 0 Å². The Morgan fingerprint density at radius 3 is 3.05 bits per heavy atom. The highest BCUT2D eigenvalue weighted by Crippen LogP contribution is 2.30. The van der Waals surface area contributed by atoms with Crippen LogP contribution in [-0.4, -0.2) is 43.2 Å². The van der Waals surface area contributed by atoms with E-state index >= 15 is 0 Å². The fraction of sp³-hybridized carbons (Fsp3) is 0.667. The van der Waals surface area contributed by atoms with Gasteiger partial charge in [-0.1, -0.05) is 31.5 Å². The summed E-state index contributed by atoms with van der Waals surface area (Å²) in [5.41, 5.74) is 2.71. The number of fused-ring (bicyclic) bond motifs is 1. The summed E-state index contributed by atoms with van der Waals surface area (Å²) in [6.45, 7) is 11.3. The molecule has 2 atom stereocenters. The van der Waals surface area contributed by atoms with Gasteiger partial charge in [0.2, 0.25) is 0 Å². The highest BCUT2D eigenvalue weighted by atomic mass is 16.5. The molecule has 2 heterocycles. The molecule has 0 radical (unpaired) electrons. The lowest BCUT2D eigenvalue weighted by Crippen LogP contribution is -2.44. The van der Waals surface area contributed by atoms with Gasteiger partial charge in [-0.3, -0.25) is 4.90 Å². The Labute approximate surface area is 128 Å². The second kappa shape index (κ2) is 6.37. The minimum absolute atomic E-state index is 0.327. The minimum Gasteiger partial charge on any atom is -0.488 e. The van der Waals surface area contributed by atoms with Crippen LogP contribution in [0.5, 0.6) is 5.75 Å². The summed E-state index contributed by atoms with van der Waals surface area (Å²) in [6, 6.07) is 7.16. The summed E-state index contributed by atoms with van der Waals surface area (Å²) in [6.07, 6.45) is 2.63. The molecule has 1 aromatic carbocycles. The zero-order chi connectivity index (χ0) is 14.8. The van der Waals surface area contributed by atoms with Crippen LogP contribution in [0.4, 0.5) is 0 Å². The van der Waals surface area contributed by atoms with Crippen molar-refractivity contribution in [3.05, 3.63) is 29.3 Å². The van der Waals surface area contributed by atoms with Gasteiger partial charge in [0.25, 0.3) is 0 Å². The second-order valence-corrected chi connectivity index (χ2v) is 6.97. The lowest BCUT2D eigenvalue weighted by Gasteiger charge is -2.28. The van der Waals surface area contributed by atoms with Crippen molar-refractivity contribution < 1.29 is 4.74 Å². The van der Waals surface area contributed by atoms with Gasteiger partial charge in [-0.05, 0) is 44.0 Å². The smallest absolute Gasteiger partial charge is 0.123 e. The standard InChI is InChI=1S/C18H28N2O/c1-13(2)17-12-20(8-4-7-19-17)11-16-10-15-9-14(3)5-6-18(15)21-16/h5-6,9,13,16-17,19H,4,7-8,10-12H2,1-3H3. The maximum Gasteiger partial charge on any atom is 0.123 e. The van der Waals surface area contributed by atoms with Crippen LogP contribution >= 0.6 is 0 Å². The van der Waals surface area contributed by atoms with Gasteiger partial charge < -0.3 is 10.1 Å². The first-order chi connectivity index (χ1) is 10.1. The van der Waals surface area contributed by atoms with Crippen molar-refractivity contribution in [3.63, 3.8) is 0 Å². The number of rotatable bonds is 3. The average molecular weight is 288 g/mol. The molecule has 0 aromatic heterocycles. The van der Waals surface area contributed by atoms with Crippen molar-refractivity contribution in [1.82, 2.24) is 10.2 Å². The van der Waals surface area contributed by atoms with Crippen LogP contribution in [0.25, 0.3) is 0 Å². The van der Waals surface area contributed by atoms with E-state index < -0.39 is 0 Å². The molecule has 116 valence electrons. The lowest BCUT2D eigenvalue weighted by atomic mass is 10.0. The first kappa shape index (κ1) is 14.9. The van der Waals surface area contributed by atoms with Gasteiger partial charge in [0.1, 0.15) is 11.9 Å². The first-order valence-electron chi connectivity index (χ1n) is 8.34. The summed E-state index contributed by atoms with van der Waals surface area (Å²) < 4.78 is 6.14. The normalized spacial score (nSPS) is 26.5. The first-order valence-corrected chi connectivity index (χ1v) is 8.34. The second-order valence-electron chi connectivity index (χ2n) is 6.97. The summed E-state index contributed by atoms with van der Waals surface area (Å²) in [5, 5.41) is 3.68. The zero-order valence-corrected chi connectivity index (χ0v) is 13.6. The molecule has 1 aromatic rings. The highest BCUT2D eigenvalue weighted by molar-refractivity contribution is 5.40. The third kappa shape index (κ3) is 3.58. The number of aryl methyl sites for hydroxylation is 1. The van der Waals surface area contributed by atoms with E-state index in [1.165, 1.54) is 24.1 Å². The third-order valence-corrected chi connectivity index (χ3v) is 4.74. The van der Waals surface area contributed by atoms with Crippen LogP contribution < -0.4 is 10.1 Å². The summed E-state index contributed by atoms with van der Waals surface area (Å²) >= 11 is 0. The molecule has 0 spiro atoms. The molecule has 2 aliphatic rings. The molecule has 1 saturated heterocycles. The quantitative estimate of drug-likeness (QED) is 0.925. The predicted molar refractivity (Wildman–Crippen MR) is 87.0 cm³/mol. The van der Waals surface area contributed by atoms with Gasteiger partial charge in [0.05, 0.1) is 0 Å². The van der Waals surface area contributed by atoms with Gasteiger partial charge in [0.15, 0.2) is 0 Å². The van der Waals surface area contributed by atoms with Crippen LogP contribution in [0.2, 0.25) is 0 Å². The Morgan fingerprint density at radius 1 is 1.38 bits per heavy atom. The Bertz CT molecular complexity index is 486. The van der Waals surface area contributed by atoms with Crippen LogP contribution in [0, 0.1) is 12.8 Å². The van der Waals surface area contributed by atoms with Crippen molar-refractivity contribution in [3.8, 4) is 5.75 Å². The zero-order valence-electron chi connectivity index (χ0n) is 13.6. The molecular formula is C18H28N2O. The topological polar surface area (TPSA) is 24.5 Å². The molecule has 0 bridgehead atoms. The summed E-state index contributed by atoms with van der Waals surface area (Å²) in [5.74, 6) is 1.79. The average Bonchev–Trinajstić information content (AvgIpc) is 2.66. The predicted octanol–water partition coefficient (Wildman–Crippen LogP) is 2.62. The number of nitrogens with one attached hydrogen (secondary N) is 1. The molecule has 2 unspecified atom stereocenters. The monoisotopic (exact) mass is 288 g/mol. The Morgan fingerprint density at radius 2 is 2.24 bits per heavy atom. The van der Waals surface area contributed by atoms with Crippen LogP contribution in [-0.2, 0) is 6.42 Å². The highest BCUT2D eigenvalue weighted by Gasteiger charge is 2.27. The van der Waals surface area contributed by atoms with E-state index in [1.807, 2.05) is 0 Å². The fourth-order valence-electron chi connectivity index (χ4n) is 3.48. The van der Waals surface area contributed by atoms with E-state index in [0.29, 0.717) is 18.1 Å². The van der Waals surface area contributed by atoms with E-state index in [0.717, 1.165) is 31.8 Å². The molecule has 1 N–H and O–H groups in total. The van der Waals surface area contributed by atoms with Crippen molar-refractivity contribution in [1.29, 1.82) is 0 Å². The number of ether oxygens (including phenoxy) is 1. The van der Waals surface area contributed by atoms with E-state index in [9.17, 15) is 0 Å². The van der Waals surface area contributed by atoms with Crippen LogP contribution in [0.15, 0.2) is 18.2 Å². The Balaban J connectivity index is 1.60. The molecule has 0 amide bonds. The minimum atomic E-state index is 0.327. The van der Waals surface area contributed by atoms with E-state index in [2.05, 4.69) is 49.2 Å². The van der Waals surface area contributed by atoms with Gasteiger partial charge in [0, 0.05) is 25.6 Å². The molecule has 3 nitrogen and oxygen atoms in total. The molecular weight excluding hydrogens is 260 g/mol. The molecule has 0 saturated carbocycles. The van der Waals surface area contributed by atoms with E-state index in [1.54, 1.807) is 0 Å².